The smallest absolute Gasteiger partial charge is 0.139 e. The zero-order chi connectivity index (χ0) is 12.8. The second-order valence-corrected chi connectivity index (χ2v) is 3.92. The Balaban J connectivity index is 2.30. The number of benzene rings is 1. The summed E-state index contributed by atoms with van der Waals surface area (Å²) in [6.45, 7) is 5.02. The number of aromatic nitrogens is 2. The summed E-state index contributed by atoms with van der Waals surface area (Å²) in [4.78, 5) is 8.60. The summed E-state index contributed by atoms with van der Waals surface area (Å²) in [5, 5.41) is 6.59. The number of hydrogen-bond acceptors (Lipinski definition) is 4. The highest BCUT2D eigenvalue weighted by Crippen LogP contribution is 2.23. The molecule has 0 aliphatic carbocycles. The van der Waals surface area contributed by atoms with Crippen LogP contribution in [-0.2, 0) is 6.42 Å². The highest BCUT2D eigenvalue weighted by atomic mass is 15.1. The first-order valence-corrected chi connectivity index (χ1v) is 6.25. The van der Waals surface area contributed by atoms with Gasteiger partial charge >= 0.3 is 0 Å². The first kappa shape index (κ1) is 12.4. The molecule has 0 aliphatic rings. The molecule has 1 aromatic heterocycles. The summed E-state index contributed by atoms with van der Waals surface area (Å²) in [7, 11) is 0. The third kappa shape index (κ3) is 2.77. The predicted molar refractivity (Wildman–Crippen MR) is 75.3 cm³/mol. The summed E-state index contributed by atoms with van der Waals surface area (Å²) in [6, 6.07) is 10.0. The van der Waals surface area contributed by atoms with Crippen LogP contribution < -0.4 is 10.6 Å². The molecule has 0 radical (unpaired) electrons. The molecule has 0 fully saturated rings. The van der Waals surface area contributed by atoms with Crippen LogP contribution in [0.15, 0.2) is 36.7 Å². The maximum absolute atomic E-state index is 4.33. The van der Waals surface area contributed by atoms with Gasteiger partial charge in [0.25, 0.3) is 0 Å². The maximum Gasteiger partial charge on any atom is 0.139 e. The quantitative estimate of drug-likeness (QED) is 0.845. The molecular weight excluding hydrogens is 224 g/mol. The van der Waals surface area contributed by atoms with Gasteiger partial charge in [-0.05, 0) is 25.5 Å². The molecule has 0 aliphatic heterocycles. The fourth-order valence-corrected chi connectivity index (χ4v) is 1.83. The van der Waals surface area contributed by atoms with Gasteiger partial charge in [-0.1, -0.05) is 25.1 Å². The lowest BCUT2D eigenvalue weighted by molar-refractivity contribution is 1.03. The second kappa shape index (κ2) is 6.00. The van der Waals surface area contributed by atoms with Gasteiger partial charge in [-0.3, -0.25) is 0 Å². The van der Waals surface area contributed by atoms with Crippen molar-refractivity contribution in [1.82, 2.24) is 9.97 Å². The minimum Gasteiger partial charge on any atom is -0.370 e. The van der Waals surface area contributed by atoms with Crippen molar-refractivity contribution in [2.75, 3.05) is 17.2 Å². The maximum atomic E-state index is 4.33. The van der Waals surface area contributed by atoms with Crippen molar-refractivity contribution in [3.63, 3.8) is 0 Å². The van der Waals surface area contributed by atoms with E-state index in [2.05, 4.69) is 34.4 Å². The number of para-hydroxylation sites is 1. The van der Waals surface area contributed by atoms with Crippen molar-refractivity contribution in [2.45, 2.75) is 20.3 Å². The van der Waals surface area contributed by atoms with E-state index < -0.39 is 0 Å². The minimum absolute atomic E-state index is 0.856. The zero-order valence-electron chi connectivity index (χ0n) is 10.8. The monoisotopic (exact) mass is 242 g/mol. The van der Waals surface area contributed by atoms with E-state index in [0.717, 1.165) is 35.9 Å². The normalized spacial score (nSPS) is 10.1. The van der Waals surface area contributed by atoms with Crippen LogP contribution in [0.3, 0.4) is 0 Å². The summed E-state index contributed by atoms with van der Waals surface area (Å²) in [6.07, 6.45) is 2.47. The van der Waals surface area contributed by atoms with Crippen LogP contribution in [0.25, 0.3) is 0 Å². The number of hydrogen-bond donors (Lipinski definition) is 2. The highest BCUT2D eigenvalue weighted by Gasteiger charge is 2.08. The van der Waals surface area contributed by atoms with E-state index in [-0.39, 0.29) is 0 Å². The standard InChI is InChI=1S/C14H18N4/c1-3-12-13(15-4-2)16-10-17-14(12)18-11-8-6-5-7-9-11/h5-10H,3-4H2,1-2H3,(H2,15,16,17,18). The third-order valence-electron chi connectivity index (χ3n) is 2.68. The second-order valence-electron chi connectivity index (χ2n) is 3.92. The average molecular weight is 242 g/mol. The minimum atomic E-state index is 0.856. The fourth-order valence-electron chi connectivity index (χ4n) is 1.83. The lowest BCUT2D eigenvalue weighted by atomic mass is 10.2. The van der Waals surface area contributed by atoms with Gasteiger partial charge in [0.1, 0.15) is 18.0 Å². The third-order valence-corrected chi connectivity index (χ3v) is 2.68. The molecule has 1 aromatic carbocycles. The Morgan fingerprint density at radius 2 is 1.72 bits per heavy atom. The molecule has 0 spiro atoms. The summed E-state index contributed by atoms with van der Waals surface area (Å²) in [5.74, 6) is 1.78. The van der Waals surface area contributed by atoms with Crippen LogP contribution in [0, 0.1) is 0 Å². The van der Waals surface area contributed by atoms with Gasteiger partial charge in [-0.25, -0.2) is 9.97 Å². The lowest BCUT2D eigenvalue weighted by Gasteiger charge is -2.13. The zero-order valence-corrected chi connectivity index (χ0v) is 10.8. The van der Waals surface area contributed by atoms with E-state index in [4.69, 9.17) is 0 Å². The summed E-state index contributed by atoms with van der Waals surface area (Å²) < 4.78 is 0. The van der Waals surface area contributed by atoms with Crippen LogP contribution >= 0.6 is 0 Å². The van der Waals surface area contributed by atoms with Crippen LogP contribution in [0.4, 0.5) is 17.3 Å². The van der Waals surface area contributed by atoms with Crippen molar-refractivity contribution in [2.24, 2.45) is 0 Å². The molecule has 0 bridgehead atoms. The molecule has 0 saturated heterocycles. The first-order valence-electron chi connectivity index (χ1n) is 6.25. The Labute approximate surface area is 107 Å². The van der Waals surface area contributed by atoms with Gasteiger partial charge in [0.05, 0.1) is 0 Å². The molecule has 0 saturated carbocycles. The fraction of sp³-hybridized carbons (Fsp3) is 0.286. The number of anilines is 3. The van der Waals surface area contributed by atoms with E-state index in [1.165, 1.54) is 0 Å². The van der Waals surface area contributed by atoms with Crippen LogP contribution in [0.5, 0.6) is 0 Å². The van der Waals surface area contributed by atoms with Crippen molar-refractivity contribution in [3.05, 3.63) is 42.2 Å². The number of nitrogens with zero attached hydrogens (tertiary/aromatic N) is 2. The average Bonchev–Trinajstić information content (AvgIpc) is 2.41. The molecule has 2 N–H and O–H groups in total. The Hall–Kier alpha value is -2.10. The Morgan fingerprint density at radius 1 is 1.00 bits per heavy atom. The lowest BCUT2D eigenvalue weighted by Crippen LogP contribution is -2.07. The van der Waals surface area contributed by atoms with Crippen LogP contribution in [0.1, 0.15) is 19.4 Å². The molecule has 4 nitrogen and oxygen atoms in total. The molecular formula is C14H18N4. The summed E-state index contributed by atoms with van der Waals surface area (Å²) >= 11 is 0. The summed E-state index contributed by atoms with van der Waals surface area (Å²) in [5.41, 5.74) is 2.15. The molecule has 0 unspecified atom stereocenters. The largest absolute Gasteiger partial charge is 0.370 e. The van der Waals surface area contributed by atoms with Crippen molar-refractivity contribution in [1.29, 1.82) is 0 Å². The van der Waals surface area contributed by atoms with Gasteiger partial charge in [-0.2, -0.15) is 0 Å². The van der Waals surface area contributed by atoms with Gasteiger partial charge < -0.3 is 10.6 Å². The Morgan fingerprint density at radius 3 is 2.39 bits per heavy atom. The topological polar surface area (TPSA) is 49.8 Å². The van der Waals surface area contributed by atoms with Gasteiger partial charge in [0.15, 0.2) is 0 Å². The van der Waals surface area contributed by atoms with Crippen LogP contribution in [-0.4, -0.2) is 16.5 Å². The molecule has 2 rings (SSSR count). The van der Waals surface area contributed by atoms with Gasteiger partial charge in [-0.15, -0.1) is 0 Å². The number of nitrogens with one attached hydrogen (secondary N) is 2. The molecule has 2 aromatic rings. The van der Waals surface area contributed by atoms with Crippen LogP contribution in [0.2, 0.25) is 0 Å². The SMILES string of the molecule is CCNc1ncnc(Nc2ccccc2)c1CC. The first-order chi connectivity index (χ1) is 8.85. The molecule has 1 heterocycles. The van der Waals surface area contributed by atoms with E-state index in [1.807, 2.05) is 30.3 Å². The van der Waals surface area contributed by atoms with Crippen molar-refractivity contribution in [3.8, 4) is 0 Å². The molecule has 94 valence electrons. The van der Waals surface area contributed by atoms with E-state index in [0.29, 0.717) is 0 Å². The molecule has 0 amide bonds. The Bertz CT molecular complexity index is 496. The molecule has 18 heavy (non-hydrogen) atoms. The Kier molecular flexibility index (Phi) is 4.12. The predicted octanol–water partition coefficient (Wildman–Crippen LogP) is 3.21. The van der Waals surface area contributed by atoms with E-state index >= 15 is 0 Å². The van der Waals surface area contributed by atoms with Crippen molar-refractivity contribution < 1.29 is 0 Å². The molecule has 4 heteroatoms. The van der Waals surface area contributed by atoms with Gasteiger partial charge in [0, 0.05) is 17.8 Å². The van der Waals surface area contributed by atoms with Gasteiger partial charge in [0.2, 0.25) is 0 Å². The van der Waals surface area contributed by atoms with E-state index in [9.17, 15) is 0 Å². The van der Waals surface area contributed by atoms with Crippen molar-refractivity contribution >= 4 is 17.3 Å². The molecule has 0 atom stereocenters. The van der Waals surface area contributed by atoms with E-state index in [1.54, 1.807) is 6.33 Å². The number of rotatable bonds is 5. The highest BCUT2D eigenvalue weighted by molar-refractivity contribution is 5.64.